The van der Waals surface area contributed by atoms with Crippen LogP contribution in [0.3, 0.4) is 0 Å². The lowest BCUT2D eigenvalue weighted by atomic mass is 10.2. The van der Waals surface area contributed by atoms with Gasteiger partial charge in [-0.1, -0.05) is 13.8 Å². The van der Waals surface area contributed by atoms with E-state index in [1.54, 1.807) is 6.07 Å². The summed E-state index contributed by atoms with van der Waals surface area (Å²) in [4.78, 5) is 11.6. The molecular formula is C10H18N4OS. The average Bonchev–Trinajstić information content (AvgIpc) is 2.60. The molecule has 1 heterocycles. The highest BCUT2D eigenvalue weighted by molar-refractivity contribution is 7.10. The maximum Gasteiger partial charge on any atom is 0.242 e. The SMILES string of the molecule is CC(C)CNC(=O)C(C)Nc1cc(N)ns1. The molecule has 6 heteroatoms. The van der Waals surface area contributed by atoms with Crippen LogP contribution in [0, 0.1) is 5.92 Å². The van der Waals surface area contributed by atoms with Crippen LogP contribution in [0.5, 0.6) is 0 Å². The maximum absolute atomic E-state index is 11.6. The van der Waals surface area contributed by atoms with Crippen molar-refractivity contribution in [3.8, 4) is 0 Å². The van der Waals surface area contributed by atoms with Crippen molar-refractivity contribution in [2.24, 2.45) is 5.92 Å². The molecule has 0 aliphatic heterocycles. The molecule has 0 aliphatic carbocycles. The smallest absolute Gasteiger partial charge is 0.242 e. The van der Waals surface area contributed by atoms with Crippen LogP contribution in [0.4, 0.5) is 10.8 Å². The minimum absolute atomic E-state index is 0.0133. The lowest BCUT2D eigenvalue weighted by Gasteiger charge is -2.14. The van der Waals surface area contributed by atoms with E-state index < -0.39 is 0 Å². The summed E-state index contributed by atoms with van der Waals surface area (Å²) in [7, 11) is 0. The molecule has 1 atom stereocenters. The van der Waals surface area contributed by atoms with Crippen molar-refractivity contribution < 1.29 is 4.79 Å². The number of nitrogens with two attached hydrogens (primary N) is 1. The number of aromatic nitrogens is 1. The van der Waals surface area contributed by atoms with E-state index in [4.69, 9.17) is 5.73 Å². The van der Waals surface area contributed by atoms with Gasteiger partial charge in [-0.2, -0.15) is 4.37 Å². The molecule has 1 aromatic heterocycles. The number of rotatable bonds is 5. The number of nitrogens with one attached hydrogen (secondary N) is 2. The molecule has 1 unspecified atom stereocenters. The van der Waals surface area contributed by atoms with E-state index in [1.165, 1.54) is 11.5 Å². The minimum atomic E-state index is -0.279. The Kier molecular flexibility index (Phi) is 4.54. The highest BCUT2D eigenvalue weighted by Gasteiger charge is 2.13. The molecule has 1 rings (SSSR count). The Hall–Kier alpha value is -1.30. The quantitative estimate of drug-likeness (QED) is 0.727. The zero-order valence-electron chi connectivity index (χ0n) is 9.78. The van der Waals surface area contributed by atoms with Crippen LogP contribution in [-0.4, -0.2) is 22.9 Å². The summed E-state index contributed by atoms with van der Waals surface area (Å²) in [6, 6.07) is 1.44. The molecule has 4 N–H and O–H groups in total. The standard InChI is InChI=1S/C10H18N4OS/c1-6(2)5-12-10(15)7(3)13-9-4-8(11)14-16-9/h4,6-7,13H,5H2,1-3H3,(H2,11,14)(H,12,15). The summed E-state index contributed by atoms with van der Waals surface area (Å²) in [5.74, 6) is 0.915. The molecule has 0 saturated carbocycles. The average molecular weight is 242 g/mol. The van der Waals surface area contributed by atoms with E-state index in [9.17, 15) is 4.79 Å². The van der Waals surface area contributed by atoms with E-state index in [2.05, 4.69) is 28.9 Å². The van der Waals surface area contributed by atoms with Gasteiger partial charge in [-0.05, 0) is 24.4 Å². The molecular weight excluding hydrogens is 224 g/mol. The van der Waals surface area contributed by atoms with Gasteiger partial charge in [0.1, 0.15) is 16.9 Å². The second-order valence-corrected chi connectivity index (χ2v) is 4.93. The first kappa shape index (κ1) is 12.8. The first-order chi connectivity index (χ1) is 7.49. The summed E-state index contributed by atoms with van der Waals surface area (Å²) >= 11 is 1.25. The number of amides is 1. The van der Waals surface area contributed by atoms with Crippen molar-refractivity contribution in [2.75, 3.05) is 17.6 Å². The zero-order valence-corrected chi connectivity index (χ0v) is 10.6. The van der Waals surface area contributed by atoms with Gasteiger partial charge in [-0.25, -0.2) is 0 Å². The van der Waals surface area contributed by atoms with Crippen LogP contribution in [0.2, 0.25) is 0 Å². The molecule has 1 aromatic rings. The zero-order chi connectivity index (χ0) is 12.1. The van der Waals surface area contributed by atoms with Gasteiger partial charge >= 0.3 is 0 Å². The summed E-state index contributed by atoms with van der Waals surface area (Å²) in [6.45, 7) is 6.62. The van der Waals surface area contributed by atoms with Gasteiger partial charge in [-0.3, -0.25) is 4.79 Å². The van der Waals surface area contributed by atoms with E-state index in [-0.39, 0.29) is 11.9 Å². The van der Waals surface area contributed by atoms with E-state index in [1.807, 2.05) is 6.92 Å². The lowest BCUT2D eigenvalue weighted by molar-refractivity contribution is -0.121. The molecule has 0 saturated heterocycles. The van der Waals surface area contributed by atoms with Crippen LogP contribution < -0.4 is 16.4 Å². The Morgan fingerprint density at radius 3 is 2.75 bits per heavy atom. The van der Waals surface area contributed by atoms with Gasteiger partial charge in [0.2, 0.25) is 5.91 Å². The van der Waals surface area contributed by atoms with Crippen molar-refractivity contribution in [3.63, 3.8) is 0 Å². The summed E-state index contributed by atoms with van der Waals surface area (Å²) < 4.78 is 3.93. The van der Waals surface area contributed by atoms with Gasteiger partial charge in [0, 0.05) is 12.6 Å². The third-order valence-corrected chi connectivity index (χ3v) is 2.70. The molecule has 90 valence electrons. The molecule has 0 fully saturated rings. The van der Waals surface area contributed by atoms with Crippen LogP contribution in [0.1, 0.15) is 20.8 Å². The topological polar surface area (TPSA) is 80.0 Å². The fourth-order valence-corrected chi connectivity index (χ4v) is 1.75. The Labute approximate surface area is 99.6 Å². The van der Waals surface area contributed by atoms with Crippen molar-refractivity contribution in [2.45, 2.75) is 26.8 Å². The Bertz CT molecular complexity index is 350. The molecule has 1 amide bonds. The highest BCUT2D eigenvalue weighted by Crippen LogP contribution is 2.18. The fraction of sp³-hybridized carbons (Fsp3) is 0.600. The number of carbonyl (C=O) groups is 1. The van der Waals surface area contributed by atoms with Gasteiger partial charge in [0.05, 0.1) is 0 Å². The first-order valence-electron chi connectivity index (χ1n) is 5.25. The Morgan fingerprint density at radius 2 is 2.25 bits per heavy atom. The largest absolute Gasteiger partial charge is 0.383 e. The fourth-order valence-electron chi connectivity index (χ4n) is 1.09. The van der Waals surface area contributed by atoms with Crippen molar-refractivity contribution in [1.82, 2.24) is 9.69 Å². The lowest BCUT2D eigenvalue weighted by Crippen LogP contribution is -2.39. The molecule has 0 radical (unpaired) electrons. The monoisotopic (exact) mass is 242 g/mol. The number of anilines is 2. The molecule has 16 heavy (non-hydrogen) atoms. The second kappa shape index (κ2) is 5.69. The molecule has 0 bridgehead atoms. The van der Waals surface area contributed by atoms with Crippen molar-refractivity contribution in [1.29, 1.82) is 0 Å². The number of nitrogens with zero attached hydrogens (tertiary/aromatic N) is 1. The third kappa shape index (κ3) is 4.06. The Balaban J connectivity index is 2.39. The number of nitrogen functional groups attached to an aromatic ring is 1. The molecule has 5 nitrogen and oxygen atoms in total. The normalized spacial score (nSPS) is 12.5. The number of hydrogen-bond acceptors (Lipinski definition) is 5. The van der Waals surface area contributed by atoms with Crippen LogP contribution >= 0.6 is 11.5 Å². The van der Waals surface area contributed by atoms with Crippen LogP contribution in [-0.2, 0) is 4.79 Å². The van der Waals surface area contributed by atoms with Crippen LogP contribution in [0.15, 0.2) is 6.07 Å². The second-order valence-electron chi connectivity index (χ2n) is 4.12. The van der Waals surface area contributed by atoms with Gasteiger partial charge < -0.3 is 16.4 Å². The van der Waals surface area contributed by atoms with Crippen molar-refractivity contribution in [3.05, 3.63) is 6.07 Å². The summed E-state index contributed by atoms with van der Waals surface area (Å²) in [5.41, 5.74) is 5.49. The van der Waals surface area contributed by atoms with Gasteiger partial charge in [0.25, 0.3) is 0 Å². The van der Waals surface area contributed by atoms with Gasteiger partial charge in [0.15, 0.2) is 0 Å². The summed E-state index contributed by atoms with van der Waals surface area (Å²) in [5, 5.41) is 6.72. The summed E-state index contributed by atoms with van der Waals surface area (Å²) in [6.07, 6.45) is 0. The van der Waals surface area contributed by atoms with Gasteiger partial charge in [-0.15, -0.1) is 0 Å². The first-order valence-corrected chi connectivity index (χ1v) is 6.03. The predicted octanol–water partition coefficient (Wildman–Crippen LogP) is 1.30. The van der Waals surface area contributed by atoms with Crippen molar-refractivity contribution >= 4 is 28.3 Å². The third-order valence-electron chi connectivity index (χ3n) is 1.96. The van der Waals surface area contributed by atoms with Crippen LogP contribution in [0.25, 0.3) is 0 Å². The number of hydrogen-bond donors (Lipinski definition) is 3. The maximum atomic E-state index is 11.6. The van der Waals surface area contributed by atoms with E-state index in [0.29, 0.717) is 18.3 Å². The molecule has 0 aromatic carbocycles. The predicted molar refractivity (Wildman–Crippen MR) is 67.5 cm³/mol. The van der Waals surface area contributed by atoms with E-state index in [0.717, 1.165) is 5.00 Å². The van der Waals surface area contributed by atoms with E-state index >= 15 is 0 Å². The molecule has 0 aliphatic rings. The Morgan fingerprint density at radius 1 is 1.56 bits per heavy atom. The molecule has 0 spiro atoms. The minimum Gasteiger partial charge on any atom is -0.383 e. The highest BCUT2D eigenvalue weighted by atomic mass is 32.1. The number of carbonyl (C=O) groups excluding carboxylic acids is 1.